The molecule has 2 fully saturated rings. The first-order chi connectivity index (χ1) is 7.90. The summed E-state index contributed by atoms with van der Waals surface area (Å²) in [5.74, 6) is 0.304. The Morgan fingerprint density at radius 1 is 1.35 bits per heavy atom. The lowest BCUT2D eigenvalue weighted by Gasteiger charge is -2.44. The number of hydrogen-bond acceptors (Lipinski definition) is 3. The van der Waals surface area contributed by atoms with Gasteiger partial charge in [-0.1, -0.05) is 13.8 Å². The van der Waals surface area contributed by atoms with Gasteiger partial charge >= 0.3 is 0 Å². The lowest BCUT2D eigenvalue weighted by molar-refractivity contribution is -0.126. The minimum atomic E-state index is -0.199. The van der Waals surface area contributed by atoms with Crippen molar-refractivity contribution in [3.05, 3.63) is 0 Å². The van der Waals surface area contributed by atoms with Crippen LogP contribution in [0.3, 0.4) is 0 Å². The molecule has 3 heteroatoms. The first-order valence-electron chi connectivity index (χ1n) is 6.89. The van der Waals surface area contributed by atoms with Crippen molar-refractivity contribution in [1.82, 2.24) is 9.80 Å². The number of carbonyl (C=O) groups excluding carboxylic acids is 1. The Labute approximate surface area is 105 Å². The van der Waals surface area contributed by atoms with E-state index in [2.05, 4.69) is 30.6 Å². The number of fused-ring (bicyclic) bond motifs is 1. The molecule has 0 bridgehead atoms. The van der Waals surface area contributed by atoms with Gasteiger partial charge in [0.25, 0.3) is 0 Å². The average molecular weight is 238 g/mol. The van der Waals surface area contributed by atoms with Gasteiger partial charge in [0.2, 0.25) is 0 Å². The van der Waals surface area contributed by atoms with Crippen LogP contribution in [0, 0.1) is 5.41 Å². The Morgan fingerprint density at radius 2 is 2.06 bits per heavy atom. The van der Waals surface area contributed by atoms with Crippen molar-refractivity contribution in [3.8, 4) is 0 Å². The van der Waals surface area contributed by atoms with Crippen molar-refractivity contribution in [2.45, 2.75) is 52.6 Å². The van der Waals surface area contributed by atoms with Crippen LogP contribution >= 0.6 is 0 Å². The molecule has 2 rings (SSSR count). The number of Topliss-reactive ketones (excluding diaryl/α,β-unsaturated/α-hetero) is 1. The molecule has 2 aliphatic heterocycles. The van der Waals surface area contributed by atoms with Crippen LogP contribution in [0.25, 0.3) is 0 Å². The topological polar surface area (TPSA) is 23.6 Å². The second kappa shape index (κ2) is 4.69. The number of hydrogen-bond donors (Lipinski definition) is 0. The van der Waals surface area contributed by atoms with Crippen molar-refractivity contribution in [3.63, 3.8) is 0 Å². The van der Waals surface area contributed by atoms with Crippen LogP contribution < -0.4 is 0 Å². The molecule has 0 aromatic heterocycles. The zero-order chi connectivity index (χ0) is 12.6. The van der Waals surface area contributed by atoms with Gasteiger partial charge in [0.05, 0.1) is 0 Å². The van der Waals surface area contributed by atoms with Gasteiger partial charge in [-0.3, -0.25) is 14.6 Å². The normalized spacial score (nSPS) is 31.5. The fourth-order valence-corrected chi connectivity index (χ4v) is 3.09. The first kappa shape index (κ1) is 13.0. The summed E-state index contributed by atoms with van der Waals surface area (Å²) < 4.78 is 0. The third kappa shape index (κ3) is 2.71. The summed E-state index contributed by atoms with van der Waals surface area (Å²) in [5.41, 5.74) is -0.199. The molecular formula is C14H26N2O. The smallest absolute Gasteiger partial charge is 0.136 e. The van der Waals surface area contributed by atoms with Crippen LogP contribution in [0.15, 0.2) is 0 Å². The van der Waals surface area contributed by atoms with E-state index in [1.807, 2.05) is 0 Å². The summed E-state index contributed by atoms with van der Waals surface area (Å²) in [7, 11) is 0. The Morgan fingerprint density at radius 3 is 2.71 bits per heavy atom. The van der Waals surface area contributed by atoms with Crippen molar-refractivity contribution in [2.24, 2.45) is 5.41 Å². The summed E-state index contributed by atoms with van der Waals surface area (Å²) in [6, 6.07) is 1.33. The minimum absolute atomic E-state index is 0.199. The average Bonchev–Trinajstić information content (AvgIpc) is 2.64. The molecule has 2 aliphatic rings. The second-order valence-corrected chi connectivity index (χ2v) is 6.51. The van der Waals surface area contributed by atoms with Gasteiger partial charge in [0.15, 0.2) is 0 Å². The molecule has 2 atom stereocenters. The van der Waals surface area contributed by atoms with Gasteiger partial charge < -0.3 is 0 Å². The summed E-state index contributed by atoms with van der Waals surface area (Å²) in [6.07, 6.45) is 2.69. The van der Waals surface area contributed by atoms with E-state index >= 15 is 0 Å². The highest BCUT2D eigenvalue weighted by Crippen LogP contribution is 2.27. The predicted octanol–water partition coefficient (Wildman–Crippen LogP) is 1.77. The van der Waals surface area contributed by atoms with Crippen molar-refractivity contribution >= 4 is 5.78 Å². The van der Waals surface area contributed by atoms with E-state index in [1.165, 1.54) is 25.9 Å². The van der Waals surface area contributed by atoms with Gasteiger partial charge in [0, 0.05) is 37.1 Å². The van der Waals surface area contributed by atoms with E-state index in [1.54, 1.807) is 6.92 Å². The molecule has 17 heavy (non-hydrogen) atoms. The van der Waals surface area contributed by atoms with Crippen molar-refractivity contribution in [2.75, 3.05) is 26.2 Å². The highest BCUT2D eigenvalue weighted by Gasteiger charge is 2.37. The van der Waals surface area contributed by atoms with E-state index < -0.39 is 0 Å². The molecule has 0 aliphatic carbocycles. The molecule has 2 saturated heterocycles. The molecule has 0 saturated carbocycles. The predicted molar refractivity (Wildman–Crippen MR) is 70.1 cm³/mol. The van der Waals surface area contributed by atoms with E-state index in [-0.39, 0.29) is 5.41 Å². The number of nitrogens with zero attached hydrogens (tertiary/aromatic N) is 2. The van der Waals surface area contributed by atoms with Crippen LogP contribution in [0.2, 0.25) is 0 Å². The summed E-state index contributed by atoms with van der Waals surface area (Å²) in [6.45, 7) is 12.7. The quantitative estimate of drug-likeness (QED) is 0.748. The number of piperazine rings is 1. The first-order valence-corrected chi connectivity index (χ1v) is 6.89. The Kier molecular flexibility index (Phi) is 3.60. The third-order valence-corrected chi connectivity index (χ3v) is 4.62. The third-order valence-electron chi connectivity index (χ3n) is 4.62. The number of rotatable bonds is 3. The van der Waals surface area contributed by atoms with Crippen LogP contribution in [-0.2, 0) is 4.79 Å². The molecule has 0 aromatic rings. The van der Waals surface area contributed by atoms with Crippen molar-refractivity contribution in [1.29, 1.82) is 0 Å². The maximum atomic E-state index is 11.6. The second-order valence-electron chi connectivity index (χ2n) is 6.51. The van der Waals surface area contributed by atoms with Crippen LogP contribution in [0.4, 0.5) is 0 Å². The molecule has 2 heterocycles. The summed E-state index contributed by atoms with van der Waals surface area (Å²) in [5, 5.41) is 0. The van der Waals surface area contributed by atoms with E-state index in [0.29, 0.717) is 11.8 Å². The largest absolute Gasteiger partial charge is 0.299 e. The Hall–Kier alpha value is -0.410. The molecule has 98 valence electrons. The van der Waals surface area contributed by atoms with Gasteiger partial charge in [-0.25, -0.2) is 0 Å². The molecular weight excluding hydrogens is 212 g/mol. The highest BCUT2D eigenvalue weighted by molar-refractivity contribution is 5.81. The van der Waals surface area contributed by atoms with E-state index in [0.717, 1.165) is 19.1 Å². The molecule has 3 nitrogen and oxygen atoms in total. The summed E-state index contributed by atoms with van der Waals surface area (Å²) in [4.78, 5) is 16.8. The van der Waals surface area contributed by atoms with E-state index in [9.17, 15) is 4.79 Å². The molecule has 0 N–H and O–H groups in total. The fourth-order valence-electron chi connectivity index (χ4n) is 3.09. The van der Waals surface area contributed by atoms with Crippen LogP contribution in [0.1, 0.15) is 40.5 Å². The molecule has 2 unspecified atom stereocenters. The maximum Gasteiger partial charge on any atom is 0.136 e. The number of carbonyl (C=O) groups is 1. The van der Waals surface area contributed by atoms with Crippen molar-refractivity contribution < 1.29 is 4.79 Å². The standard InChI is InChI=1S/C14H26N2O/c1-11-8-15-7-5-6-13(15)9-16(11)10-14(3,4)12(2)17/h11,13H,5-10H2,1-4H3. The van der Waals surface area contributed by atoms with E-state index in [4.69, 9.17) is 0 Å². The van der Waals surface area contributed by atoms with Gasteiger partial charge in [-0.15, -0.1) is 0 Å². The Balaban J connectivity index is 1.99. The SMILES string of the molecule is CC(=O)C(C)(C)CN1CC2CCCN2CC1C. The lowest BCUT2D eigenvalue weighted by Crippen LogP contribution is -2.57. The lowest BCUT2D eigenvalue weighted by atomic mass is 9.87. The van der Waals surface area contributed by atoms with Crippen LogP contribution in [0.5, 0.6) is 0 Å². The zero-order valence-corrected chi connectivity index (χ0v) is 11.7. The minimum Gasteiger partial charge on any atom is -0.299 e. The Bertz CT molecular complexity index is 301. The van der Waals surface area contributed by atoms with Gasteiger partial charge in [-0.2, -0.15) is 0 Å². The number of ketones is 1. The monoisotopic (exact) mass is 238 g/mol. The maximum absolute atomic E-state index is 11.6. The molecule has 0 radical (unpaired) electrons. The van der Waals surface area contributed by atoms with Gasteiger partial charge in [-0.05, 0) is 33.2 Å². The fraction of sp³-hybridized carbons (Fsp3) is 0.929. The molecule has 0 spiro atoms. The van der Waals surface area contributed by atoms with Gasteiger partial charge in [0.1, 0.15) is 5.78 Å². The van der Waals surface area contributed by atoms with Crippen LogP contribution in [-0.4, -0.2) is 53.8 Å². The summed E-state index contributed by atoms with van der Waals surface area (Å²) >= 11 is 0. The molecule has 0 amide bonds. The highest BCUT2D eigenvalue weighted by atomic mass is 16.1. The molecule has 0 aromatic carbocycles. The zero-order valence-electron chi connectivity index (χ0n) is 11.7.